The van der Waals surface area contributed by atoms with Crippen molar-refractivity contribution < 1.29 is 5.11 Å². The highest BCUT2D eigenvalue weighted by molar-refractivity contribution is 6.34. The zero-order chi connectivity index (χ0) is 16.2. The van der Waals surface area contributed by atoms with Gasteiger partial charge in [-0.15, -0.1) is 0 Å². The lowest BCUT2D eigenvalue weighted by Crippen LogP contribution is -2.21. The van der Waals surface area contributed by atoms with Gasteiger partial charge in [0, 0.05) is 16.1 Å². The minimum Gasteiger partial charge on any atom is -0.516 e. The van der Waals surface area contributed by atoms with Crippen LogP contribution in [-0.4, -0.2) is 11.7 Å². The summed E-state index contributed by atoms with van der Waals surface area (Å²) in [5.74, 6) is 0. The summed E-state index contributed by atoms with van der Waals surface area (Å²) in [7, 11) is 0. The van der Waals surface area contributed by atoms with Crippen LogP contribution in [0.3, 0.4) is 0 Å². The first-order chi connectivity index (χ1) is 11.2. The number of nitrogens with one attached hydrogen (secondary N) is 1. The molecule has 0 radical (unpaired) electrons. The van der Waals surface area contributed by atoms with Gasteiger partial charge in [-0.1, -0.05) is 41.4 Å². The fourth-order valence-corrected chi connectivity index (χ4v) is 3.76. The normalized spacial score (nSPS) is 16.9. The molecule has 2 N–H and O–H groups in total. The Labute approximate surface area is 146 Å². The Morgan fingerprint density at radius 3 is 2.65 bits per heavy atom. The summed E-state index contributed by atoms with van der Waals surface area (Å²) in [4.78, 5) is 0. The Bertz CT molecular complexity index is 707. The molecule has 1 aliphatic rings. The van der Waals surface area contributed by atoms with Crippen LogP contribution in [0.4, 0.5) is 0 Å². The summed E-state index contributed by atoms with van der Waals surface area (Å²) in [6.45, 7) is 0.888. The fourth-order valence-electron chi connectivity index (χ4n) is 3.19. The molecule has 0 bridgehead atoms. The molecule has 0 saturated heterocycles. The SMILES string of the molecule is O/C=C/c1ccc2c(c1)CCC2NCCc1cc(Cl)cc(Cl)c1. The van der Waals surface area contributed by atoms with Gasteiger partial charge in [-0.2, -0.15) is 0 Å². The van der Waals surface area contributed by atoms with E-state index in [1.165, 1.54) is 11.1 Å². The van der Waals surface area contributed by atoms with Crippen LogP contribution in [0.25, 0.3) is 6.08 Å². The first-order valence-electron chi connectivity index (χ1n) is 7.77. The van der Waals surface area contributed by atoms with Gasteiger partial charge >= 0.3 is 0 Å². The van der Waals surface area contributed by atoms with Gasteiger partial charge in [0.05, 0.1) is 6.26 Å². The van der Waals surface area contributed by atoms with Crippen LogP contribution < -0.4 is 5.32 Å². The molecule has 2 aromatic carbocycles. The number of halogens is 2. The highest BCUT2D eigenvalue weighted by atomic mass is 35.5. The van der Waals surface area contributed by atoms with Crippen molar-refractivity contribution in [3.8, 4) is 0 Å². The standard InChI is InChI=1S/C19H19Cl2NO/c20-16-10-14(11-17(21)12-16)5-7-22-19-4-2-15-9-13(6-8-23)1-3-18(15)19/h1,3,6,8-12,19,22-23H,2,4-5,7H2/b8-6+. The van der Waals surface area contributed by atoms with Crippen LogP contribution in [0.5, 0.6) is 0 Å². The molecule has 3 rings (SSSR count). The Balaban J connectivity index is 1.60. The van der Waals surface area contributed by atoms with E-state index in [1.54, 1.807) is 12.1 Å². The van der Waals surface area contributed by atoms with E-state index >= 15 is 0 Å². The molecular weight excluding hydrogens is 329 g/mol. The highest BCUT2D eigenvalue weighted by Crippen LogP contribution is 2.32. The number of aliphatic hydroxyl groups excluding tert-OH is 1. The predicted octanol–water partition coefficient (Wildman–Crippen LogP) is 5.34. The lowest BCUT2D eigenvalue weighted by atomic mass is 10.0. The van der Waals surface area contributed by atoms with E-state index in [4.69, 9.17) is 28.3 Å². The Morgan fingerprint density at radius 2 is 1.91 bits per heavy atom. The van der Waals surface area contributed by atoms with Gasteiger partial charge in [-0.25, -0.2) is 0 Å². The third-order valence-corrected chi connectivity index (χ3v) is 4.67. The maximum absolute atomic E-state index is 8.87. The molecule has 2 nitrogen and oxygen atoms in total. The number of hydrogen-bond acceptors (Lipinski definition) is 2. The monoisotopic (exact) mass is 347 g/mol. The smallest absolute Gasteiger partial charge is 0.0797 e. The number of hydrogen-bond donors (Lipinski definition) is 2. The van der Waals surface area contributed by atoms with Crippen molar-refractivity contribution in [2.45, 2.75) is 25.3 Å². The molecule has 0 spiro atoms. The lowest BCUT2D eigenvalue weighted by Gasteiger charge is -2.14. The summed E-state index contributed by atoms with van der Waals surface area (Å²) < 4.78 is 0. The van der Waals surface area contributed by atoms with Crippen molar-refractivity contribution in [3.05, 3.63) is 75.0 Å². The van der Waals surface area contributed by atoms with Crippen molar-refractivity contribution in [3.63, 3.8) is 0 Å². The largest absolute Gasteiger partial charge is 0.516 e. The molecule has 1 aliphatic carbocycles. The molecule has 4 heteroatoms. The maximum Gasteiger partial charge on any atom is 0.0797 e. The zero-order valence-electron chi connectivity index (χ0n) is 12.7. The van der Waals surface area contributed by atoms with Crippen molar-refractivity contribution in [2.24, 2.45) is 0 Å². The summed E-state index contributed by atoms with van der Waals surface area (Å²) in [5, 5.41) is 13.9. The van der Waals surface area contributed by atoms with E-state index in [-0.39, 0.29) is 0 Å². The predicted molar refractivity (Wildman–Crippen MR) is 97.3 cm³/mol. The van der Waals surface area contributed by atoms with Crippen molar-refractivity contribution in [1.82, 2.24) is 5.32 Å². The molecule has 0 aliphatic heterocycles. The molecule has 0 aromatic heterocycles. The quantitative estimate of drug-likeness (QED) is 0.715. The summed E-state index contributed by atoms with van der Waals surface area (Å²) in [6.07, 6.45) is 5.88. The number of aryl methyl sites for hydroxylation is 1. The zero-order valence-corrected chi connectivity index (χ0v) is 14.2. The Hall–Kier alpha value is -1.48. The van der Waals surface area contributed by atoms with E-state index in [1.807, 2.05) is 18.2 Å². The third kappa shape index (κ3) is 4.08. The van der Waals surface area contributed by atoms with Gasteiger partial charge in [0.25, 0.3) is 0 Å². The van der Waals surface area contributed by atoms with Crippen molar-refractivity contribution >= 4 is 29.3 Å². The van der Waals surface area contributed by atoms with Crippen LogP contribution in [0.1, 0.15) is 34.7 Å². The number of rotatable bonds is 5. The van der Waals surface area contributed by atoms with Gasteiger partial charge in [0.1, 0.15) is 0 Å². The van der Waals surface area contributed by atoms with E-state index in [0.717, 1.165) is 43.2 Å². The minimum absolute atomic E-state index is 0.395. The first-order valence-corrected chi connectivity index (χ1v) is 8.53. The van der Waals surface area contributed by atoms with E-state index in [9.17, 15) is 0 Å². The van der Waals surface area contributed by atoms with Gasteiger partial charge in [-0.3, -0.25) is 0 Å². The van der Waals surface area contributed by atoms with Crippen LogP contribution in [0.2, 0.25) is 10.0 Å². The Morgan fingerprint density at radius 1 is 1.13 bits per heavy atom. The van der Waals surface area contributed by atoms with Crippen LogP contribution >= 0.6 is 23.2 Å². The van der Waals surface area contributed by atoms with Gasteiger partial charge in [0.2, 0.25) is 0 Å². The van der Waals surface area contributed by atoms with Gasteiger partial charge in [-0.05, 0) is 72.3 Å². The summed E-state index contributed by atoms with van der Waals surface area (Å²) in [5.41, 5.74) is 4.92. The highest BCUT2D eigenvalue weighted by Gasteiger charge is 2.21. The second-order valence-electron chi connectivity index (χ2n) is 5.85. The molecule has 23 heavy (non-hydrogen) atoms. The van der Waals surface area contributed by atoms with Crippen molar-refractivity contribution in [2.75, 3.05) is 6.54 Å². The van der Waals surface area contributed by atoms with Crippen LogP contribution in [-0.2, 0) is 12.8 Å². The molecule has 120 valence electrons. The Kier molecular flexibility index (Phi) is 5.27. The second-order valence-corrected chi connectivity index (χ2v) is 6.72. The minimum atomic E-state index is 0.395. The molecule has 2 aromatic rings. The molecule has 0 amide bonds. The average molecular weight is 348 g/mol. The fraction of sp³-hybridized carbons (Fsp3) is 0.263. The first kappa shape index (κ1) is 16.4. The molecular formula is C19H19Cl2NO. The second kappa shape index (κ2) is 7.39. The topological polar surface area (TPSA) is 32.3 Å². The molecule has 0 fully saturated rings. The average Bonchev–Trinajstić information content (AvgIpc) is 2.89. The maximum atomic E-state index is 8.87. The third-order valence-electron chi connectivity index (χ3n) is 4.24. The number of benzene rings is 2. The summed E-state index contributed by atoms with van der Waals surface area (Å²) in [6, 6.07) is 12.4. The van der Waals surface area contributed by atoms with Crippen LogP contribution in [0.15, 0.2) is 42.7 Å². The van der Waals surface area contributed by atoms with Crippen molar-refractivity contribution in [1.29, 1.82) is 0 Å². The van der Waals surface area contributed by atoms with E-state index < -0.39 is 0 Å². The summed E-state index contributed by atoms with van der Waals surface area (Å²) >= 11 is 12.1. The van der Waals surface area contributed by atoms with Gasteiger partial charge < -0.3 is 10.4 Å². The van der Waals surface area contributed by atoms with E-state index in [2.05, 4.69) is 17.4 Å². The van der Waals surface area contributed by atoms with Gasteiger partial charge in [0.15, 0.2) is 0 Å². The number of fused-ring (bicyclic) bond motifs is 1. The molecule has 0 heterocycles. The van der Waals surface area contributed by atoms with E-state index in [0.29, 0.717) is 16.1 Å². The molecule has 0 saturated carbocycles. The number of aliphatic hydroxyl groups is 1. The van der Waals surface area contributed by atoms with Crippen LogP contribution in [0, 0.1) is 0 Å². The molecule has 1 atom stereocenters. The lowest BCUT2D eigenvalue weighted by molar-refractivity contribution is 0.478. The molecule has 1 unspecified atom stereocenters.